The van der Waals surface area contributed by atoms with Crippen LogP contribution in [0, 0.1) is 0 Å². The van der Waals surface area contributed by atoms with Gasteiger partial charge in [0.15, 0.2) is 5.60 Å². The van der Waals surface area contributed by atoms with Crippen molar-refractivity contribution in [2.24, 2.45) is 0 Å². The van der Waals surface area contributed by atoms with E-state index in [9.17, 15) is 31.4 Å². The number of nitrogens with zero attached hydrogens (tertiary/aromatic N) is 1. The molecule has 3 aromatic rings. The summed E-state index contributed by atoms with van der Waals surface area (Å²) in [6.45, 7) is 0. The Hall–Kier alpha value is -2.81. The first-order valence-corrected chi connectivity index (χ1v) is 7.60. The summed E-state index contributed by atoms with van der Waals surface area (Å²) in [7, 11) is 0. The van der Waals surface area contributed by atoms with Gasteiger partial charge in [0.1, 0.15) is 5.82 Å². The molecule has 142 valence electrons. The number of aromatic nitrogens is 2. The predicted molar refractivity (Wildman–Crippen MR) is 83.6 cm³/mol. The molecule has 0 spiro atoms. The summed E-state index contributed by atoms with van der Waals surface area (Å²) < 4.78 is 76.7. The third kappa shape index (κ3) is 3.55. The van der Waals surface area contributed by atoms with E-state index in [1.54, 1.807) is 0 Å². The van der Waals surface area contributed by atoms with Crippen LogP contribution in [0.2, 0.25) is 0 Å². The molecule has 9 heteroatoms. The van der Waals surface area contributed by atoms with Crippen molar-refractivity contribution in [3.63, 3.8) is 0 Å². The minimum atomic E-state index is -4.56. The van der Waals surface area contributed by atoms with Crippen LogP contribution >= 0.6 is 0 Å². The lowest BCUT2D eigenvalue weighted by Gasteiger charge is -2.28. The quantitative estimate of drug-likeness (QED) is 0.640. The van der Waals surface area contributed by atoms with Crippen LogP contribution in [-0.4, -0.2) is 15.1 Å². The topological polar surface area (TPSA) is 48.9 Å². The zero-order valence-electron chi connectivity index (χ0n) is 13.4. The van der Waals surface area contributed by atoms with Gasteiger partial charge in [-0.3, -0.25) is 0 Å². The number of aromatic amines is 1. The zero-order valence-corrected chi connectivity index (χ0v) is 13.4. The predicted octanol–water partition coefficient (Wildman–Crippen LogP) is 4.73. The Morgan fingerprint density at radius 1 is 0.667 bits per heavy atom. The normalized spacial score (nSPS) is 13.0. The van der Waals surface area contributed by atoms with E-state index in [1.807, 2.05) is 0 Å². The maximum Gasteiger partial charge on any atom is 0.416 e. The second kappa shape index (κ2) is 6.41. The number of hydrogen-bond acceptors (Lipinski definition) is 2. The molecular weight excluding hydrogens is 374 g/mol. The fraction of sp³-hybridized carbons (Fsp3) is 0.167. The van der Waals surface area contributed by atoms with Crippen LogP contribution in [0.4, 0.5) is 26.3 Å². The average molecular weight is 386 g/mol. The Balaban J connectivity index is 2.11. The highest BCUT2D eigenvalue weighted by molar-refractivity contribution is 5.44. The molecule has 0 fully saturated rings. The lowest BCUT2D eigenvalue weighted by Crippen LogP contribution is -2.30. The molecule has 0 atom stereocenters. The molecule has 3 nitrogen and oxygen atoms in total. The molecule has 0 bridgehead atoms. The summed E-state index contributed by atoms with van der Waals surface area (Å²) >= 11 is 0. The van der Waals surface area contributed by atoms with Gasteiger partial charge in [-0.2, -0.15) is 26.3 Å². The van der Waals surface area contributed by atoms with E-state index in [0.717, 1.165) is 48.5 Å². The van der Waals surface area contributed by atoms with Crippen molar-refractivity contribution >= 4 is 0 Å². The van der Waals surface area contributed by atoms with Gasteiger partial charge in [0, 0.05) is 12.4 Å². The Bertz CT molecular complexity index is 840. The highest BCUT2D eigenvalue weighted by Gasteiger charge is 2.39. The van der Waals surface area contributed by atoms with Crippen molar-refractivity contribution in [1.29, 1.82) is 0 Å². The number of nitrogens with one attached hydrogen (secondary N) is 1. The molecule has 0 radical (unpaired) electrons. The minimum Gasteiger partial charge on any atom is -0.373 e. The fourth-order valence-electron chi connectivity index (χ4n) is 2.70. The van der Waals surface area contributed by atoms with Crippen LogP contribution in [0.15, 0.2) is 60.9 Å². The number of alkyl halides is 6. The number of rotatable bonds is 3. The molecule has 1 aromatic heterocycles. The van der Waals surface area contributed by atoms with Crippen molar-refractivity contribution in [2.45, 2.75) is 18.0 Å². The van der Waals surface area contributed by atoms with E-state index < -0.39 is 29.1 Å². The SMILES string of the molecule is OC(c1ccc(C(F)(F)F)cc1)(c1ccc(C(F)(F)F)cc1)c1ncc[nH]1. The zero-order chi connectivity index (χ0) is 19.9. The summed E-state index contributed by atoms with van der Waals surface area (Å²) in [4.78, 5) is 6.59. The molecule has 2 aromatic carbocycles. The number of aliphatic hydroxyl groups is 1. The molecule has 2 N–H and O–H groups in total. The van der Waals surface area contributed by atoms with Crippen LogP contribution in [0.1, 0.15) is 28.1 Å². The Labute approximate surface area is 149 Å². The second-order valence-corrected chi connectivity index (χ2v) is 5.80. The maximum atomic E-state index is 12.8. The van der Waals surface area contributed by atoms with E-state index >= 15 is 0 Å². The second-order valence-electron chi connectivity index (χ2n) is 5.80. The number of imidazole rings is 1. The highest BCUT2D eigenvalue weighted by atomic mass is 19.4. The maximum absolute atomic E-state index is 12.8. The van der Waals surface area contributed by atoms with Gasteiger partial charge in [0.25, 0.3) is 0 Å². The van der Waals surface area contributed by atoms with Gasteiger partial charge in [0.05, 0.1) is 11.1 Å². The molecule has 27 heavy (non-hydrogen) atoms. The Morgan fingerprint density at radius 2 is 1.04 bits per heavy atom. The van der Waals surface area contributed by atoms with E-state index in [0.29, 0.717) is 0 Å². The number of halogens is 6. The smallest absolute Gasteiger partial charge is 0.373 e. The van der Waals surface area contributed by atoms with Crippen molar-refractivity contribution < 1.29 is 31.4 Å². The van der Waals surface area contributed by atoms with E-state index in [2.05, 4.69) is 9.97 Å². The summed E-state index contributed by atoms with van der Waals surface area (Å²) in [6, 6.07) is 7.37. The largest absolute Gasteiger partial charge is 0.416 e. The van der Waals surface area contributed by atoms with Crippen molar-refractivity contribution in [1.82, 2.24) is 9.97 Å². The van der Waals surface area contributed by atoms with Gasteiger partial charge >= 0.3 is 12.4 Å². The van der Waals surface area contributed by atoms with E-state index in [-0.39, 0.29) is 17.0 Å². The van der Waals surface area contributed by atoms with Crippen molar-refractivity contribution in [3.8, 4) is 0 Å². The molecule has 0 aliphatic heterocycles. The summed E-state index contributed by atoms with van der Waals surface area (Å²) in [6.07, 6.45) is -6.42. The van der Waals surface area contributed by atoms with Crippen LogP contribution in [0.5, 0.6) is 0 Å². The molecule has 3 rings (SSSR count). The highest BCUT2D eigenvalue weighted by Crippen LogP contribution is 2.38. The minimum absolute atomic E-state index is 0.0187. The molecule has 0 unspecified atom stereocenters. The third-order valence-corrected chi connectivity index (χ3v) is 4.10. The van der Waals surface area contributed by atoms with Gasteiger partial charge < -0.3 is 10.1 Å². The van der Waals surface area contributed by atoms with Crippen molar-refractivity contribution in [2.75, 3.05) is 0 Å². The molecule has 0 saturated heterocycles. The van der Waals surface area contributed by atoms with Gasteiger partial charge in [0.2, 0.25) is 0 Å². The van der Waals surface area contributed by atoms with Crippen molar-refractivity contribution in [3.05, 3.63) is 89.0 Å². The lowest BCUT2D eigenvalue weighted by molar-refractivity contribution is -0.138. The van der Waals surface area contributed by atoms with E-state index in [1.165, 1.54) is 12.4 Å². The monoisotopic (exact) mass is 386 g/mol. The molecule has 0 amide bonds. The Morgan fingerprint density at radius 3 is 1.33 bits per heavy atom. The summed E-state index contributed by atoms with van der Waals surface area (Å²) in [5, 5.41) is 11.2. The van der Waals surface area contributed by atoms with Crippen LogP contribution < -0.4 is 0 Å². The van der Waals surface area contributed by atoms with Gasteiger partial charge in [-0.1, -0.05) is 24.3 Å². The molecule has 0 aliphatic rings. The first kappa shape index (κ1) is 19.0. The number of benzene rings is 2. The molecule has 0 aliphatic carbocycles. The van der Waals surface area contributed by atoms with Gasteiger partial charge in [-0.05, 0) is 35.4 Å². The van der Waals surface area contributed by atoms with Gasteiger partial charge in [-0.15, -0.1) is 0 Å². The van der Waals surface area contributed by atoms with Crippen LogP contribution in [-0.2, 0) is 18.0 Å². The average Bonchev–Trinajstić information content (AvgIpc) is 3.15. The van der Waals surface area contributed by atoms with Crippen LogP contribution in [0.3, 0.4) is 0 Å². The summed E-state index contributed by atoms with van der Waals surface area (Å²) in [5.74, 6) is -0.0398. The molecule has 1 heterocycles. The lowest BCUT2D eigenvalue weighted by atomic mass is 9.84. The van der Waals surface area contributed by atoms with Gasteiger partial charge in [-0.25, -0.2) is 4.98 Å². The standard InChI is InChI=1S/C18H12F6N2O/c19-17(20,21)13-5-1-11(2-6-13)16(27,15-25-9-10-26-15)12-3-7-14(8-4-12)18(22,23)24/h1-10,27H,(H,25,26). The van der Waals surface area contributed by atoms with E-state index in [4.69, 9.17) is 0 Å². The molecule has 0 saturated carbocycles. The number of hydrogen-bond donors (Lipinski definition) is 2. The number of H-pyrrole nitrogens is 1. The van der Waals surface area contributed by atoms with Crippen LogP contribution in [0.25, 0.3) is 0 Å². The first-order chi connectivity index (χ1) is 12.5. The molecular formula is C18H12F6N2O. The first-order valence-electron chi connectivity index (χ1n) is 7.60. The summed E-state index contributed by atoms with van der Waals surface area (Å²) in [5.41, 5.74) is -3.85. The Kier molecular flexibility index (Phi) is 4.51. The third-order valence-electron chi connectivity index (χ3n) is 4.10. The fourth-order valence-corrected chi connectivity index (χ4v) is 2.70.